The molecule has 0 unspecified atom stereocenters. The van der Waals surface area contributed by atoms with Crippen LogP contribution in [0.3, 0.4) is 0 Å². The summed E-state index contributed by atoms with van der Waals surface area (Å²) in [7, 11) is -5.76. The van der Waals surface area contributed by atoms with Crippen molar-refractivity contribution in [3.05, 3.63) is 42.0 Å². The summed E-state index contributed by atoms with van der Waals surface area (Å²) in [4.78, 5) is 10.4. The zero-order valence-corrected chi connectivity index (χ0v) is 36.9. The summed E-state index contributed by atoms with van der Waals surface area (Å²) in [6.07, 6.45) is 35.9. The van der Waals surface area contributed by atoms with Gasteiger partial charge in [-0.05, 0) is 68.2 Å². The monoisotopic (exact) mass is 769 g/mol. The molecule has 296 valence electrons. The van der Waals surface area contributed by atoms with Gasteiger partial charge in [0.15, 0.2) is 0 Å². The molecule has 2 rings (SSSR count). The van der Waals surface area contributed by atoms with Gasteiger partial charge >= 0.3 is 0 Å². The maximum absolute atomic E-state index is 11.0. The third-order valence-electron chi connectivity index (χ3n) is 10.3. The molecule has 0 saturated heterocycles. The molecule has 2 aromatic rings. The molecule has 8 heteroatoms. The number of carbonyl (C=O) groups is 1. The molecule has 0 bridgehead atoms. The third kappa shape index (κ3) is 20.3. The van der Waals surface area contributed by atoms with Crippen molar-refractivity contribution < 1.29 is 22.9 Å². The average Bonchev–Trinajstić information content (AvgIpc) is 3.13. The van der Waals surface area contributed by atoms with E-state index in [1.807, 2.05) is 0 Å². The highest BCUT2D eigenvalue weighted by Crippen LogP contribution is 2.62. The molecule has 0 aliphatic heterocycles. The predicted molar refractivity (Wildman–Crippen MR) is 228 cm³/mol. The third-order valence-corrected chi connectivity index (χ3v) is 21.3. The van der Waals surface area contributed by atoms with Crippen LogP contribution in [0.15, 0.2) is 41.3 Å². The SMILES string of the molecule is CCCC[P+](CCCC)(CCCC)CCCC.CCCC[P+](CCCC)(CCCC)CCCC.O=C([O-])c1ccc(S(=O)(=O)[O-])c2ccccc12. The molecule has 0 aliphatic carbocycles. The van der Waals surface area contributed by atoms with Crippen molar-refractivity contribution in [1.29, 1.82) is 0 Å². The summed E-state index contributed by atoms with van der Waals surface area (Å²) in [6.45, 7) is 18.8. The molecule has 5 nitrogen and oxygen atoms in total. The lowest BCUT2D eigenvalue weighted by atomic mass is 10.0. The van der Waals surface area contributed by atoms with E-state index in [4.69, 9.17) is 0 Å². The lowest BCUT2D eigenvalue weighted by molar-refractivity contribution is -0.254. The summed E-state index contributed by atoms with van der Waals surface area (Å²) >= 11 is 0. The molecule has 0 aliphatic rings. The number of hydrogen-bond donors (Lipinski definition) is 0. The van der Waals surface area contributed by atoms with Crippen molar-refractivity contribution in [1.82, 2.24) is 0 Å². The lowest BCUT2D eigenvalue weighted by Gasteiger charge is -2.28. The molecule has 0 fully saturated rings. The van der Waals surface area contributed by atoms with Crippen LogP contribution >= 0.6 is 14.5 Å². The van der Waals surface area contributed by atoms with E-state index in [1.165, 1.54) is 121 Å². The number of fused-ring (bicyclic) bond motifs is 1. The topological polar surface area (TPSA) is 97.3 Å². The lowest BCUT2D eigenvalue weighted by Crippen LogP contribution is -2.22. The molecule has 0 radical (unpaired) electrons. The van der Waals surface area contributed by atoms with Gasteiger partial charge in [0.25, 0.3) is 0 Å². The largest absolute Gasteiger partial charge is 0.744 e. The van der Waals surface area contributed by atoms with Gasteiger partial charge in [-0.3, -0.25) is 0 Å². The van der Waals surface area contributed by atoms with Gasteiger partial charge in [0.05, 0.1) is 60.2 Å². The molecule has 0 spiro atoms. The Morgan fingerprint density at radius 1 is 0.490 bits per heavy atom. The summed E-state index contributed by atoms with van der Waals surface area (Å²) in [5, 5.41) is 11.1. The van der Waals surface area contributed by atoms with Gasteiger partial charge in [-0.1, -0.05) is 137 Å². The standard InChI is InChI=1S/2C16H36P.C11H8O5S/c2*1-5-9-13-17(14-10-6-2,15-11-7-3)16-12-8-4;12-11(13)9-5-6-10(17(14,15)16)8-4-2-1-3-7(8)9/h2*5-16H2,1-4H3;1-6H,(H,12,13)(H,14,15,16)/q2*+1;/p-2. The second-order valence-corrected chi connectivity index (χ2v) is 25.0. The number of carboxylic acids is 1. The van der Waals surface area contributed by atoms with E-state index in [0.29, 0.717) is 0 Å². The van der Waals surface area contributed by atoms with Crippen molar-refractivity contribution in [2.75, 3.05) is 49.3 Å². The van der Waals surface area contributed by atoms with Crippen molar-refractivity contribution in [3.8, 4) is 0 Å². The highest BCUT2D eigenvalue weighted by Gasteiger charge is 2.35. The molecule has 2 aromatic carbocycles. The number of carbonyl (C=O) groups excluding carboxylic acids is 1. The van der Waals surface area contributed by atoms with E-state index in [2.05, 4.69) is 55.4 Å². The van der Waals surface area contributed by atoms with Crippen molar-refractivity contribution >= 4 is 41.4 Å². The molecular formula is C43H78O5P2S. The van der Waals surface area contributed by atoms with Crippen LogP contribution in [0, 0.1) is 0 Å². The van der Waals surface area contributed by atoms with Crippen molar-refractivity contribution in [2.45, 2.75) is 163 Å². The fourth-order valence-corrected chi connectivity index (χ4v) is 18.2. The first kappa shape index (κ1) is 49.9. The maximum atomic E-state index is 11.0. The minimum atomic E-state index is -4.64. The van der Waals surface area contributed by atoms with Crippen LogP contribution in [0.5, 0.6) is 0 Å². The van der Waals surface area contributed by atoms with Crippen LogP contribution in [0.25, 0.3) is 10.8 Å². The molecule has 0 atom stereocenters. The molecular weight excluding hydrogens is 690 g/mol. The first-order valence-corrected chi connectivity index (χ1v) is 27.3. The number of unbranched alkanes of at least 4 members (excludes halogenated alkanes) is 8. The van der Waals surface area contributed by atoms with Gasteiger partial charge in [0.1, 0.15) is 10.1 Å². The first-order chi connectivity index (χ1) is 24.4. The van der Waals surface area contributed by atoms with E-state index < -0.39 is 35.5 Å². The second kappa shape index (κ2) is 29.3. The number of rotatable bonds is 26. The fraction of sp³-hybridized carbons (Fsp3) is 0.744. The number of hydrogen-bond acceptors (Lipinski definition) is 5. The predicted octanol–water partition coefficient (Wildman–Crippen LogP) is 12.5. The Kier molecular flexibility index (Phi) is 28.7. The zero-order chi connectivity index (χ0) is 38.6. The van der Waals surface area contributed by atoms with Gasteiger partial charge in [-0.25, -0.2) is 8.42 Å². The molecule has 0 N–H and O–H groups in total. The molecule has 0 aromatic heterocycles. The van der Waals surface area contributed by atoms with Gasteiger partial charge in [-0.2, -0.15) is 0 Å². The van der Waals surface area contributed by atoms with Crippen LogP contribution in [0.4, 0.5) is 0 Å². The minimum absolute atomic E-state index is 0.0872. The summed E-state index contributed by atoms with van der Waals surface area (Å²) in [6, 6.07) is 7.92. The Hall–Kier alpha value is -1.06. The Morgan fingerprint density at radius 2 is 0.765 bits per heavy atom. The highest BCUT2D eigenvalue weighted by molar-refractivity contribution is 7.86. The summed E-state index contributed by atoms with van der Waals surface area (Å²) < 4.78 is 33.0. The van der Waals surface area contributed by atoms with E-state index in [1.54, 1.807) is 55.4 Å². The van der Waals surface area contributed by atoms with E-state index in [9.17, 15) is 22.9 Å². The van der Waals surface area contributed by atoms with Crippen LogP contribution < -0.4 is 5.11 Å². The van der Waals surface area contributed by atoms with Crippen molar-refractivity contribution in [2.24, 2.45) is 0 Å². The van der Waals surface area contributed by atoms with E-state index in [0.717, 1.165) is 12.1 Å². The zero-order valence-electron chi connectivity index (χ0n) is 34.3. The second-order valence-electron chi connectivity index (χ2n) is 14.7. The fourth-order valence-electron chi connectivity index (χ4n) is 6.96. The van der Waals surface area contributed by atoms with E-state index in [-0.39, 0.29) is 16.3 Å². The van der Waals surface area contributed by atoms with Gasteiger partial charge in [0, 0.05) is 20.1 Å². The molecule has 0 saturated carbocycles. The quantitative estimate of drug-likeness (QED) is 0.0701. The normalized spacial score (nSPS) is 11.9. The summed E-state index contributed by atoms with van der Waals surface area (Å²) in [5.41, 5.74) is -0.145. The smallest absolute Gasteiger partial charge is 0.125 e. The molecule has 0 heterocycles. The van der Waals surface area contributed by atoms with Crippen LogP contribution in [-0.2, 0) is 10.1 Å². The number of carboxylic acid groups (broad SMARTS) is 1. The Bertz CT molecular complexity index is 1170. The first-order valence-electron chi connectivity index (χ1n) is 20.8. The highest BCUT2D eigenvalue weighted by atomic mass is 32.2. The Morgan fingerprint density at radius 3 is 1.00 bits per heavy atom. The van der Waals surface area contributed by atoms with Crippen LogP contribution in [-0.4, -0.2) is 68.2 Å². The molecule has 0 amide bonds. The Labute approximate surface area is 317 Å². The van der Waals surface area contributed by atoms with E-state index >= 15 is 0 Å². The van der Waals surface area contributed by atoms with Gasteiger partial charge < -0.3 is 14.5 Å². The minimum Gasteiger partial charge on any atom is -0.744 e. The van der Waals surface area contributed by atoms with Crippen molar-refractivity contribution in [3.63, 3.8) is 0 Å². The average molecular weight is 769 g/mol. The maximum Gasteiger partial charge on any atom is 0.125 e. The number of aromatic carboxylic acids is 1. The van der Waals surface area contributed by atoms with Gasteiger partial charge in [-0.15, -0.1) is 0 Å². The Balaban J connectivity index is 0.000000735. The molecule has 51 heavy (non-hydrogen) atoms. The van der Waals surface area contributed by atoms with Crippen LogP contribution in [0.2, 0.25) is 0 Å². The number of benzene rings is 2. The summed E-state index contributed by atoms with van der Waals surface area (Å²) in [5.74, 6) is -1.42. The van der Waals surface area contributed by atoms with Gasteiger partial charge in [0.2, 0.25) is 0 Å². The van der Waals surface area contributed by atoms with Crippen LogP contribution in [0.1, 0.15) is 168 Å².